The van der Waals surface area contributed by atoms with Crippen LogP contribution in [0.2, 0.25) is 0 Å². The molecule has 29 heavy (non-hydrogen) atoms. The van der Waals surface area contributed by atoms with Crippen LogP contribution in [0.25, 0.3) is 0 Å². The Bertz CT molecular complexity index is 959. The number of carboxylic acid groups (broad SMARTS) is 1. The topological polar surface area (TPSA) is 148 Å². The Morgan fingerprint density at radius 3 is 2.52 bits per heavy atom. The van der Waals surface area contributed by atoms with Crippen molar-refractivity contribution in [1.82, 2.24) is 0 Å². The molecule has 10 nitrogen and oxygen atoms in total. The van der Waals surface area contributed by atoms with Gasteiger partial charge < -0.3 is 20.5 Å². The summed E-state index contributed by atoms with van der Waals surface area (Å²) in [6, 6.07) is 8.53. The maximum atomic E-state index is 12.3. The van der Waals surface area contributed by atoms with E-state index in [9.17, 15) is 29.6 Å². The number of hydrogen-bond acceptors (Lipinski definition) is 7. The van der Waals surface area contributed by atoms with Crippen molar-refractivity contribution >= 4 is 34.7 Å². The van der Waals surface area contributed by atoms with Gasteiger partial charge in [-0.3, -0.25) is 19.7 Å². The highest BCUT2D eigenvalue weighted by molar-refractivity contribution is 5.98. The van der Waals surface area contributed by atoms with Gasteiger partial charge in [0.25, 0.3) is 5.69 Å². The summed E-state index contributed by atoms with van der Waals surface area (Å²) < 4.78 is 5.09. The molecule has 2 rings (SSSR count). The Labute approximate surface area is 165 Å². The number of aliphatic carboxylic acids is 1. The van der Waals surface area contributed by atoms with Gasteiger partial charge in [-0.15, -0.1) is 0 Å². The van der Waals surface area contributed by atoms with Crippen LogP contribution < -0.4 is 15.4 Å². The number of amides is 1. The fraction of sp³-hybridized carbons (Fsp3) is 0.211. The molecule has 0 aliphatic rings. The molecule has 0 saturated heterocycles. The average Bonchev–Trinajstić information content (AvgIpc) is 2.67. The summed E-state index contributed by atoms with van der Waals surface area (Å²) in [6.45, 7) is 1.39. The van der Waals surface area contributed by atoms with Crippen LogP contribution in [0.15, 0.2) is 42.5 Å². The molecule has 0 aromatic heterocycles. The van der Waals surface area contributed by atoms with Crippen molar-refractivity contribution < 1.29 is 29.2 Å². The van der Waals surface area contributed by atoms with E-state index in [0.717, 1.165) is 6.07 Å². The third-order valence-electron chi connectivity index (χ3n) is 3.96. The first kappa shape index (κ1) is 21.4. The molecule has 152 valence electrons. The molecular formula is C19H19N3O7. The Balaban J connectivity index is 2.16. The molecule has 0 spiro atoms. The summed E-state index contributed by atoms with van der Waals surface area (Å²) in [7, 11) is 1.33. The molecule has 0 saturated carbocycles. The number of Topliss-reactive ketones (excluding diaryl/α,β-unsaturated/α-hetero) is 1. The van der Waals surface area contributed by atoms with Gasteiger partial charge in [-0.05, 0) is 25.1 Å². The van der Waals surface area contributed by atoms with Crippen molar-refractivity contribution in [3.05, 3.63) is 58.1 Å². The van der Waals surface area contributed by atoms with Gasteiger partial charge in [0.05, 0.1) is 24.1 Å². The summed E-state index contributed by atoms with van der Waals surface area (Å²) in [5.41, 5.74) is 0.556. The minimum Gasteiger partial charge on any atom is -0.495 e. The van der Waals surface area contributed by atoms with Gasteiger partial charge in [-0.2, -0.15) is 0 Å². The third kappa shape index (κ3) is 5.76. The molecule has 1 amide bonds. The number of carbonyl (C=O) groups is 3. The van der Waals surface area contributed by atoms with Crippen molar-refractivity contribution in [3.63, 3.8) is 0 Å². The fourth-order valence-corrected chi connectivity index (χ4v) is 2.52. The number of nitrogens with one attached hydrogen (secondary N) is 2. The number of nitrogens with zero attached hydrogens (tertiary/aromatic N) is 1. The fourth-order valence-electron chi connectivity index (χ4n) is 2.52. The Morgan fingerprint density at radius 1 is 1.21 bits per heavy atom. The van der Waals surface area contributed by atoms with Crippen LogP contribution in [0.5, 0.6) is 5.75 Å². The predicted molar refractivity (Wildman–Crippen MR) is 104 cm³/mol. The summed E-state index contributed by atoms with van der Waals surface area (Å²) in [6.07, 6.45) is -0.467. The van der Waals surface area contributed by atoms with E-state index in [2.05, 4.69) is 10.6 Å². The zero-order valence-electron chi connectivity index (χ0n) is 15.7. The number of ketones is 1. The van der Waals surface area contributed by atoms with E-state index in [0.29, 0.717) is 11.3 Å². The minimum atomic E-state index is -1.37. The molecule has 1 atom stereocenters. The number of methoxy groups -OCH3 is 1. The van der Waals surface area contributed by atoms with Crippen LogP contribution in [0.4, 0.5) is 17.1 Å². The number of rotatable bonds is 9. The Morgan fingerprint density at radius 2 is 1.93 bits per heavy atom. The first-order chi connectivity index (χ1) is 13.7. The number of carbonyl (C=O) groups excluding carboxylic acids is 2. The van der Waals surface area contributed by atoms with E-state index >= 15 is 0 Å². The van der Waals surface area contributed by atoms with Crippen molar-refractivity contribution in [2.75, 3.05) is 17.7 Å². The van der Waals surface area contributed by atoms with Crippen molar-refractivity contribution in [1.29, 1.82) is 0 Å². The average molecular weight is 401 g/mol. The number of hydrogen-bond donors (Lipinski definition) is 3. The lowest BCUT2D eigenvalue weighted by Crippen LogP contribution is -2.33. The van der Waals surface area contributed by atoms with Crippen LogP contribution in [0.1, 0.15) is 23.7 Å². The van der Waals surface area contributed by atoms with Gasteiger partial charge in [-0.1, -0.05) is 12.1 Å². The number of carboxylic acids is 1. The first-order valence-electron chi connectivity index (χ1n) is 8.44. The molecular weight excluding hydrogens is 382 g/mol. The molecule has 0 radical (unpaired) electrons. The Hall–Kier alpha value is -3.95. The highest BCUT2D eigenvalue weighted by atomic mass is 16.6. The van der Waals surface area contributed by atoms with E-state index < -0.39 is 29.3 Å². The largest absolute Gasteiger partial charge is 0.495 e. The molecule has 0 bridgehead atoms. The van der Waals surface area contributed by atoms with Gasteiger partial charge in [-0.25, -0.2) is 4.79 Å². The van der Waals surface area contributed by atoms with Gasteiger partial charge in [0.1, 0.15) is 11.8 Å². The Kier molecular flexibility index (Phi) is 6.85. The lowest BCUT2D eigenvalue weighted by Gasteiger charge is -2.17. The molecule has 2 aromatic rings. The quantitative estimate of drug-likeness (QED) is 0.330. The van der Waals surface area contributed by atoms with E-state index in [1.165, 1.54) is 32.2 Å². The number of benzene rings is 2. The van der Waals surface area contributed by atoms with Crippen molar-refractivity contribution in [2.24, 2.45) is 0 Å². The molecule has 0 heterocycles. The maximum Gasteiger partial charge on any atom is 0.326 e. The van der Waals surface area contributed by atoms with Crippen LogP contribution in [-0.4, -0.2) is 40.8 Å². The lowest BCUT2D eigenvalue weighted by atomic mass is 10.1. The number of ether oxygens (including phenoxy) is 1. The normalized spacial score (nSPS) is 11.2. The highest BCUT2D eigenvalue weighted by Crippen LogP contribution is 2.29. The summed E-state index contributed by atoms with van der Waals surface area (Å²) in [5.74, 6) is -1.93. The molecule has 2 aromatic carbocycles. The number of nitro groups is 1. The van der Waals surface area contributed by atoms with E-state index in [4.69, 9.17) is 4.74 Å². The smallest absolute Gasteiger partial charge is 0.326 e. The molecule has 10 heteroatoms. The third-order valence-corrected chi connectivity index (χ3v) is 3.96. The second-order valence-corrected chi connectivity index (χ2v) is 6.07. The first-order valence-corrected chi connectivity index (χ1v) is 8.44. The van der Waals surface area contributed by atoms with Gasteiger partial charge in [0, 0.05) is 23.4 Å². The van der Waals surface area contributed by atoms with E-state index in [1.54, 1.807) is 18.2 Å². The predicted octanol–water partition coefficient (Wildman–Crippen LogP) is 2.70. The summed E-state index contributed by atoms with van der Waals surface area (Å²) in [5, 5.41) is 25.5. The second kappa shape index (κ2) is 9.31. The summed E-state index contributed by atoms with van der Waals surface area (Å²) in [4.78, 5) is 45.6. The standard InChI is InChI=1S/C19H19N3O7/c1-11(23)12-4-3-5-13(8-12)20-18(24)10-16(19(25)26)21-15-9-14(22(27)28)6-7-17(15)29-2/h3-9,16,21H,10H2,1-2H3,(H,20,24)(H,25,26)/t16-/m0/s1. The number of non-ortho nitro benzene ring substituents is 1. The minimum absolute atomic E-state index is 0.0699. The van der Waals surface area contributed by atoms with E-state index in [1.807, 2.05) is 0 Å². The molecule has 3 N–H and O–H groups in total. The van der Waals surface area contributed by atoms with Gasteiger partial charge in [0.2, 0.25) is 5.91 Å². The zero-order chi connectivity index (χ0) is 21.6. The van der Waals surface area contributed by atoms with Crippen LogP contribution in [0.3, 0.4) is 0 Å². The van der Waals surface area contributed by atoms with Gasteiger partial charge in [0.15, 0.2) is 5.78 Å². The van der Waals surface area contributed by atoms with Crippen molar-refractivity contribution in [3.8, 4) is 5.75 Å². The van der Waals surface area contributed by atoms with Gasteiger partial charge >= 0.3 is 5.97 Å². The number of anilines is 2. The van der Waals surface area contributed by atoms with E-state index in [-0.39, 0.29) is 22.9 Å². The lowest BCUT2D eigenvalue weighted by molar-refractivity contribution is -0.384. The molecule has 0 aliphatic heterocycles. The molecule has 0 fully saturated rings. The zero-order valence-corrected chi connectivity index (χ0v) is 15.7. The second-order valence-electron chi connectivity index (χ2n) is 6.07. The summed E-state index contributed by atoms with van der Waals surface area (Å²) >= 11 is 0. The van der Waals surface area contributed by atoms with Crippen LogP contribution >= 0.6 is 0 Å². The highest BCUT2D eigenvalue weighted by Gasteiger charge is 2.24. The monoisotopic (exact) mass is 401 g/mol. The SMILES string of the molecule is COc1ccc([N+](=O)[O-])cc1N[C@@H](CC(=O)Nc1cccc(C(C)=O)c1)C(=O)O. The van der Waals surface area contributed by atoms with Crippen LogP contribution in [0, 0.1) is 10.1 Å². The molecule has 0 aliphatic carbocycles. The maximum absolute atomic E-state index is 12.3. The van der Waals surface area contributed by atoms with Crippen molar-refractivity contribution in [2.45, 2.75) is 19.4 Å². The number of nitro benzene ring substituents is 1. The molecule has 0 unspecified atom stereocenters. The van der Waals surface area contributed by atoms with Crippen LogP contribution in [-0.2, 0) is 9.59 Å².